The van der Waals surface area contributed by atoms with Crippen molar-refractivity contribution in [3.63, 3.8) is 0 Å². The topological polar surface area (TPSA) is 16.1 Å². The van der Waals surface area contributed by atoms with Crippen LogP contribution in [-0.2, 0) is 0 Å². The molecule has 0 N–H and O–H groups in total. The van der Waals surface area contributed by atoms with Crippen LogP contribution in [0.15, 0.2) is 42.7 Å². The Morgan fingerprint density at radius 1 is 0.935 bits per heavy atom. The summed E-state index contributed by atoms with van der Waals surface area (Å²) in [5.41, 5.74) is 3.48. The lowest BCUT2D eigenvalue weighted by molar-refractivity contribution is -0.0482. The molecule has 0 aliphatic heterocycles. The van der Waals surface area contributed by atoms with Gasteiger partial charge < -0.3 is 4.90 Å². The minimum absolute atomic E-state index is 0.371. The molecule has 0 bridgehead atoms. The van der Waals surface area contributed by atoms with Gasteiger partial charge in [0.25, 0.3) is 0 Å². The first kappa shape index (κ1) is 20.0. The SMILES string of the molecule is CN(C)C1CCC2C(CCC3C2CCC2(C)C(c4ccc5cnccc5c4)=CCC32)C1. The van der Waals surface area contributed by atoms with E-state index in [2.05, 4.69) is 61.2 Å². The summed E-state index contributed by atoms with van der Waals surface area (Å²) in [5.74, 6) is 4.82. The van der Waals surface area contributed by atoms with E-state index in [1.54, 1.807) is 5.57 Å². The van der Waals surface area contributed by atoms with Crippen LogP contribution in [0, 0.1) is 35.0 Å². The predicted molar refractivity (Wildman–Crippen MR) is 130 cm³/mol. The van der Waals surface area contributed by atoms with Gasteiger partial charge in [-0.05, 0) is 129 Å². The Labute approximate surface area is 188 Å². The number of hydrogen-bond acceptors (Lipinski definition) is 2. The number of benzene rings is 1. The Hall–Kier alpha value is -1.67. The fourth-order valence-electron chi connectivity index (χ4n) is 8.56. The highest BCUT2D eigenvalue weighted by atomic mass is 15.1. The standard InChI is InChI=1S/C29H38N2/c1-29-14-12-25-24-9-7-23(31(2)3)17-20(24)6-8-26(25)28(29)11-10-27(29)21-4-5-22-18-30-15-13-19(22)16-21/h4-5,10,13,15-16,18,20,23-26,28H,6-9,11-12,14,17H2,1-3H3. The number of aromatic nitrogens is 1. The molecular weight excluding hydrogens is 376 g/mol. The Balaban J connectivity index is 1.25. The molecule has 1 heterocycles. The molecule has 2 nitrogen and oxygen atoms in total. The molecule has 0 spiro atoms. The van der Waals surface area contributed by atoms with Crippen molar-refractivity contribution in [2.75, 3.05) is 14.1 Å². The Morgan fingerprint density at radius 2 is 1.81 bits per heavy atom. The number of pyridine rings is 1. The number of fused-ring (bicyclic) bond motifs is 6. The summed E-state index contributed by atoms with van der Waals surface area (Å²) in [6.45, 7) is 2.61. The maximum Gasteiger partial charge on any atom is 0.0346 e. The minimum Gasteiger partial charge on any atom is -0.306 e. The molecule has 4 aliphatic rings. The molecule has 0 saturated heterocycles. The van der Waals surface area contributed by atoms with Crippen molar-refractivity contribution in [2.24, 2.45) is 35.0 Å². The van der Waals surface area contributed by atoms with E-state index in [4.69, 9.17) is 0 Å². The summed E-state index contributed by atoms with van der Waals surface area (Å²) in [7, 11) is 4.58. The molecule has 4 aliphatic carbocycles. The maximum atomic E-state index is 4.29. The normalized spacial score (nSPS) is 39.7. The average molecular weight is 415 g/mol. The third kappa shape index (κ3) is 3.12. The van der Waals surface area contributed by atoms with E-state index < -0.39 is 0 Å². The first-order valence-electron chi connectivity index (χ1n) is 12.8. The third-order valence-corrected chi connectivity index (χ3v) is 10.2. The van der Waals surface area contributed by atoms with Crippen LogP contribution in [0.1, 0.15) is 63.9 Å². The van der Waals surface area contributed by atoms with Crippen molar-refractivity contribution in [1.82, 2.24) is 9.88 Å². The lowest BCUT2D eigenvalue weighted by Gasteiger charge is -2.56. The Kier molecular flexibility index (Phi) is 4.79. The van der Waals surface area contributed by atoms with E-state index >= 15 is 0 Å². The molecule has 7 unspecified atom stereocenters. The van der Waals surface area contributed by atoms with E-state index in [-0.39, 0.29) is 0 Å². The van der Waals surface area contributed by atoms with E-state index in [0.717, 1.165) is 35.6 Å². The van der Waals surface area contributed by atoms with Crippen molar-refractivity contribution in [2.45, 2.75) is 64.3 Å². The zero-order chi connectivity index (χ0) is 21.2. The lowest BCUT2D eigenvalue weighted by atomic mass is 9.49. The highest BCUT2D eigenvalue weighted by Crippen LogP contribution is 2.64. The van der Waals surface area contributed by atoms with Crippen LogP contribution in [0.25, 0.3) is 16.3 Å². The summed E-state index contributed by atoms with van der Waals surface area (Å²) in [6.07, 6.45) is 18.0. The molecule has 0 amide bonds. The van der Waals surface area contributed by atoms with Gasteiger partial charge in [0.05, 0.1) is 0 Å². The van der Waals surface area contributed by atoms with Gasteiger partial charge in [-0.2, -0.15) is 0 Å². The second kappa shape index (κ2) is 7.44. The van der Waals surface area contributed by atoms with Gasteiger partial charge in [0.15, 0.2) is 0 Å². The zero-order valence-electron chi connectivity index (χ0n) is 19.6. The van der Waals surface area contributed by atoms with Crippen LogP contribution in [0.5, 0.6) is 0 Å². The van der Waals surface area contributed by atoms with Gasteiger partial charge in [-0.3, -0.25) is 4.98 Å². The van der Waals surface area contributed by atoms with Crippen LogP contribution in [0.3, 0.4) is 0 Å². The van der Waals surface area contributed by atoms with E-state index in [1.807, 2.05) is 12.4 Å². The molecule has 31 heavy (non-hydrogen) atoms. The molecule has 2 heteroatoms. The average Bonchev–Trinajstić information content (AvgIpc) is 3.15. The van der Waals surface area contributed by atoms with E-state index in [1.165, 1.54) is 67.7 Å². The van der Waals surface area contributed by atoms with Crippen LogP contribution in [0.4, 0.5) is 0 Å². The summed E-state index contributed by atoms with van der Waals surface area (Å²) in [6, 6.07) is 10.0. The highest BCUT2D eigenvalue weighted by Gasteiger charge is 2.54. The van der Waals surface area contributed by atoms with Crippen molar-refractivity contribution in [3.8, 4) is 0 Å². The molecule has 1 aromatic heterocycles. The minimum atomic E-state index is 0.371. The Bertz CT molecular complexity index is 1010. The molecule has 0 radical (unpaired) electrons. The molecule has 1 aromatic carbocycles. The fourth-order valence-corrected chi connectivity index (χ4v) is 8.56. The van der Waals surface area contributed by atoms with Gasteiger partial charge in [0.2, 0.25) is 0 Å². The first-order valence-corrected chi connectivity index (χ1v) is 12.8. The van der Waals surface area contributed by atoms with Crippen molar-refractivity contribution < 1.29 is 0 Å². The maximum absolute atomic E-state index is 4.29. The lowest BCUT2D eigenvalue weighted by Crippen LogP contribution is -2.49. The number of hydrogen-bond donors (Lipinski definition) is 0. The number of nitrogens with zero attached hydrogens (tertiary/aromatic N) is 2. The zero-order valence-corrected chi connectivity index (χ0v) is 19.6. The quantitative estimate of drug-likeness (QED) is 0.536. The fraction of sp³-hybridized carbons (Fsp3) is 0.621. The number of allylic oxidation sites excluding steroid dienone is 2. The molecule has 3 saturated carbocycles. The first-order chi connectivity index (χ1) is 15.0. The van der Waals surface area contributed by atoms with E-state index in [0.29, 0.717) is 5.41 Å². The van der Waals surface area contributed by atoms with Gasteiger partial charge in [-0.1, -0.05) is 25.1 Å². The molecule has 6 rings (SSSR count). The van der Waals surface area contributed by atoms with Gasteiger partial charge in [0.1, 0.15) is 0 Å². The van der Waals surface area contributed by atoms with Gasteiger partial charge in [-0.25, -0.2) is 0 Å². The summed E-state index contributed by atoms with van der Waals surface area (Å²) in [4.78, 5) is 6.79. The summed E-state index contributed by atoms with van der Waals surface area (Å²) in [5, 5.41) is 2.58. The largest absolute Gasteiger partial charge is 0.306 e. The van der Waals surface area contributed by atoms with Crippen molar-refractivity contribution in [3.05, 3.63) is 48.3 Å². The van der Waals surface area contributed by atoms with Crippen LogP contribution < -0.4 is 0 Å². The second-order valence-corrected chi connectivity index (χ2v) is 11.6. The smallest absolute Gasteiger partial charge is 0.0346 e. The summed E-state index contributed by atoms with van der Waals surface area (Å²) < 4.78 is 0. The monoisotopic (exact) mass is 414 g/mol. The Morgan fingerprint density at radius 3 is 2.68 bits per heavy atom. The molecule has 164 valence electrons. The predicted octanol–water partition coefficient (Wildman–Crippen LogP) is 6.81. The van der Waals surface area contributed by atoms with Crippen LogP contribution in [0.2, 0.25) is 0 Å². The van der Waals surface area contributed by atoms with Crippen molar-refractivity contribution >= 4 is 16.3 Å². The van der Waals surface area contributed by atoms with Gasteiger partial charge >= 0.3 is 0 Å². The molecule has 2 aromatic rings. The molecular formula is C29H38N2. The van der Waals surface area contributed by atoms with Crippen LogP contribution >= 0.6 is 0 Å². The van der Waals surface area contributed by atoms with E-state index in [9.17, 15) is 0 Å². The highest BCUT2D eigenvalue weighted by molar-refractivity contribution is 5.86. The second-order valence-electron chi connectivity index (χ2n) is 11.6. The molecule has 3 fully saturated rings. The summed E-state index contributed by atoms with van der Waals surface area (Å²) >= 11 is 0. The third-order valence-electron chi connectivity index (χ3n) is 10.2. The van der Waals surface area contributed by atoms with Gasteiger partial charge in [0, 0.05) is 23.8 Å². The molecule has 7 atom stereocenters. The van der Waals surface area contributed by atoms with Crippen LogP contribution in [-0.4, -0.2) is 30.0 Å². The number of rotatable bonds is 2. The van der Waals surface area contributed by atoms with Gasteiger partial charge in [-0.15, -0.1) is 0 Å². The van der Waals surface area contributed by atoms with Crippen molar-refractivity contribution in [1.29, 1.82) is 0 Å².